The second kappa shape index (κ2) is 6.39. The monoisotopic (exact) mass is 311 g/mol. The number of aromatic nitrogens is 2. The molecule has 6 heteroatoms. The van der Waals surface area contributed by atoms with Gasteiger partial charge in [0.15, 0.2) is 0 Å². The Labute approximate surface area is 132 Å². The van der Waals surface area contributed by atoms with Crippen LogP contribution in [0, 0.1) is 12.7 Å². The predicted octanol–water partition coefficient (Wildman–Crippen LogP) is 3.11. The van der Waals surface area contributed by atoms with Crippen LogP contribution < -0.4 is 5.32 Å². The molecule has 0 aliphatic carbocycles. The summed E-state index contributed by atoms with van der Waals surface area (Å²) in [6.45, 7) is 1.98. The van der Waals surface area contributed by atoms with Crippen LogP contribution in [0.1, 0.15) is 21.8 Å². The zero-order valence-corrected chi connectivity index (χ0v) is 12.4. The highest BCUT2D eigenvalue weighted by atomic mass is 19.1. The molecule has 1 aromatic heterocycles. The van der Waals surface area contributed by atoms with Crippen LogP contribution in [-0.4, -0.2) is 16.0 Å². The molecule has 3 aromatic rings. The lowest BCUT2D eigenvalue weighted by Crippen LogP contribution is -2.23. The van der Waals surface area contributed by atoms with Crippen LogP contribution in [0.25, 0.3) is 11.4 Å². The molecular formula is C17H14FN3O2. The first-order valence-corrected chi connectivity index (χ1v) is 7.06. The maximum atomic E-state index is 13.5. The smallest absolute Gasteiger partial charge is 0.254 e. The van der Waals surface area contributed by atoms with E-state index in [-0.39, 0.29) is 18.0 Å². The highest BCUT2D eigenvalue weighted by Crippen LogP contribution is 2.19. The first kappa shape index (κ1) is 14.9. The average molecular weight is 311 g/mol. The highest BCUT2D eigenvalue weighted by Gasteiger charge is 2.14. The summed E-state index contributed by atoms with van der Waals surface area (Å²) in [5.41, 5.74) is 1.87. The molecule has 0 unspecified atom stereocenters. The minimum atomic E-state index is -0.573. The lowest BCUT2D eigenvalue weighted by molar-refractivity contribution is 0.0942. The van der Waals surface area contributed by atoms with Gasteiger partial charge in [0.1, 0.15) is 5.82 Å². The molecule has 5 nitrogen and oxygen atoms in total. The summed E-state index contributed by atoms with van der Waals surface area (Å²) < 4.78 is 18.6. The molecule has 116 valence electrons. The standard InChI is InChI=1S/C17H14FN3O2/c1-11-6-2-3-7-12(11)16-20-15(23-21-16)10-19-17(22)13-8-4-5-9-14(13)18/h2-9H,10H2,1H3,(H,19,22). The minimum Gasteiger partial charge on any atom is -0.343 e. The molecule has 0 saturated heterocycles. The van der Waals surface area contributed by atoms with Crippen LogP contribution >= 0.6 is 0 Å². The van der Waals surface area contributed by atoms with E-state index in [9.17, 15) is 9.18 Å². The predicted molar refractivity (Wildman–Crippen MR) is 82.0 cm³/mol. The molecule has 0 saturated carbocycles. The number of carbonyl (C=O) groups excluding carboxylic acids is 1. The molecule has 2 aromatic carbocycles. The summed E-state index contributed by atoms with van der Waals surface area (Å²) >= 11 is 0. The molecule has 23 heavy (non-hydrogen) atoms. The molecule has 0 fully saturated rings. The van der Waals surface area contributed by atoms with E-state index in [1.165, 1.54) is 18.2 Å². The van der Waals surface area contributed by atoms with Gasteiger partial charge in [0.25, 0.3) is 5.91 Å². The average Bonchev–Trinajstić information content (AvgIpc) is 3.02. The van der Waals surface area contributed by atoms with Gasteiger partial charge in [-0.05, 0) is 24.6 Å². The van der Waals surface area contributed by atoms with Crippen molar-refractivity contribution in [1.82, 2.24) is 15.5 Å². The van der Waals surface area contributed by atoms with Gasteiger partial charge in [0, 0.05) is 5.56 Å². The third-order valence-corrected chi connectivity index (χ3v) is 3.37. The van der Waals surface area contributed by atoms with Crippen molar-refractivity contribution < 1.29 is 13.7 Å². The van der Waals surface area contributed by atoms with E-state index >= 15 is 0 Å². The van der Waals surface area contributed by atoms with Crippen LogP contribution in [0.15, 0.2) is 53.1 Å². The van der Waals surface area contributed by atoms with Gasteiger partial charge < -0.3 is 9.84 Å². The molecule has 0 spiro atoms. The van der Waals surface area contributed by atoms with Crippen LogP contribution in [0.4, 0.5) is 4.39 Å². The number of nitrogens with one attached hydrogen (secondary N) is 1. The Hall–Kier alpha value is -3.02. The van der Waals surface area contributed by atoms with Gasteiger partial charge in [0.05, 0.1) is 12.1 Å². The zero-order valence-electron chi connectivity index (χ0n) is 12.4. The van der Waals surface area contributed by atoms with Gasteiger partial charge in [-0.15, -0.1) is 0 Å². The minimum absolute atomic E-state index is 0.0221. The van der Waals surface area contributed by atoms with Gasteiger partial charge in [-0.2, -0.15) is 4.98 Å². The number of aryl methyl sites for hydroxylation is 1. The normalized spacial score (nSPS) is 10.5. The van der Waals surface area contributed by atoms with Crippen molar-refractivity contribution in [3.63, 3.8) is 0 Å². The van der Waals surface area contributed by atoms with Crippen molar-refractivity contribution in [3.05, 3.63) is 71.4 Å². The van der Waals surface area contributed by atoms with E-state index in [0.717, 1.165) is 11.1 Å². The van der Waals surface area contributed by atoms with Crippen molar-refractivity contribution in [3.8, 4) is 11.4 Å². The molecule has 1 N–H and O–H groups in total. The largest absolute Gasteiger partial charge is 0.343 e. The molecule has 1 heterocycles. The Bertz CT molecular complexity index is 845. The first-order chi connectivity index (χ1) is 11.1. The molecule has 0 aliphatic rings. The Morgan fingerprint density at radius 3 is 2.70 bits per heavy atom. The summed E-state index contributed by atoms with van der Waals surface area (Å²) in [5, 5.41) is 6.46. The summed E-state index contributed by atoms with van der Waals surface area (Å²) in [6.07, 6.45) is 0. The molecule has 0 atom stereocenters. The van der Waals surface area contributed by atoms with E-state index in [2.05, 4.69) is 15.5 Å². The van der Waals surface area contributed by atoms with Crippen LogP contribution in [0.5, 0.6) is 0 Å². The van der Waals surface area contributed by atoms with Gasteiger partial charge in [-0.3, -0.25) is 4.79 Å². The number of halogens is 1. The Balaban J connectivity index is 1.70. The van der Waals surface area contributed by atoms with Gasteiger partial charge >= 0.3 is 0 Å². The Morgan fingerprint density at radius 2 is 1.91 bits per heavy atom. The topological polar surface area (TPSA) is 68.0 Å². The van der Waals surface area contributed by atoms with Crippen molar-refractivity contribution in [1.29, 1.82) is 0 Å². The van der Waals surface area contributed by atoms with Gasteiger partial charge in [-0.1, -0.05) is 41.6 Å². The highest BCUT2D eigenvalue weighted by molar-refractivity contribution is 5.94. The summed E-state index contributed by atoms with van der Waals surface area (Å²) in [7, 11) is 0. The number of carbonyl (C=O) groups is 1. The van der Waals surface area contributed by atoms with Crippen LogP contribution in [0.2, 0.25) is 0 Å². The lowest BCUT2D eigenvalue weighted by atomic mass is 10.1. The fourth-order valence-corrected chi connectivity index (χ4v) is 2.16. The number of rotatable bonds is 4. The number of amides is 1. The van der Waals surface area contributed by atoms with Crippen molar-refractivity contribution in [2.45, 2.75) is 13.5 Å². The maximum absolute atomic E-state index is 13.5. The van der Waals surface area contributed by atoms with E-state index in [1.807, 2.05) is 31.2 Å². The fourth-order valence-electron chi connectivity index (χ4n) is 2.16. The SMILES string of the molecule is Cc1ccccc1-c1noc(CNC(=O)c2ccccc2F)n1. The molecule has 0 aliphatic heterocycles. The van der Waals surface area contributed by atoms with Crippen molar-refractivity contribution in [2.75, 3.05) is 0 Å². The van der Waals surface area contributed by atoms with E-state index in [0.29, 0.717) is 5.82 Å². The number of hydrogen-bond acceptors (Lipinski definition) is 4. The maximum Gasteiger partial charge on any atom is 0.254 e. The first-order valence-electron chi connectivity index (χ1n) is 7.06. The van der Waals surface area contributed by atoms with Crippen molar-refractivity contribution >= 4 is 5.91 Å². The summed E-state index contributed by atoms with van der Waals surface area (Å²) in [4.78, 5) is 16.2. The van der Waals surface area contributed by atoms with Crippen LogP contribution in [-0.2, 0) is 6.54 Å². The molecule has 0 bridgehead atoms. The number of benzene rings is 2. The van der Waals surface area contributed by atoms with E-state index in [4.69, 9.17) is 4.52 Å². The zero-order chi connectivity index (χ0) is 16.2. The molecule has 0 radical (unpaired) electrons. The second-order valence-electron chi connectivity index (χ2n) is 4.99. The summed E-state index contributed by atoms with van der Waals surface area (Å²) in [5.74, 6) is -0.388. The summed E-state index contributed by atoms with van der Waals surface area (Å²) in [6, 6.07) is 13.4. The quantitative estimate of drug-likeness (QED) is 0.804. The third kappa shape index (κ3) is 3.26. The molecular weight excluding hydrogens is 297 g/mol. The van der Waals surface area contributed by atoms with E-state index in [1.54, 1.807) is 6.07 Å². The fraction of sp³-hybridized carbons (Fsp3) is 0.118. The Kier molecular flexibility index (Phi) is 4.14. The molecule has 3 rings (SSSR count). The second-order valence-corrected chi connectivity index (χ2v) is 4.99. The van der Waals surface area contributed by atoms with E-state index < -0.39 is 11.7 Å². The van der Waals surface area contributed by atoms with Gasteiger partial charge in [0.2, 0.25) is 11.7 Å². The van der Waals surface area contributed by atoms with Gasteiger partial charge in [-0.25, -0.2) is 4.39 Å². The van der Waals surface area contributed by atoms with Crippen molar-refractivity contribution in [2.24, 2.45) is 0 Å². The number of nitrogens with zero attached hydrogens (tertiary/aromatic N) is 2. The van der Waals surface area contributed by atoms with Crippen LogP contribution in [0.3, 0.4) is 0 Å². The number of hydrogen-bond donors (Lipinski definition) is 1. The Morgan fingerprint density at radius 1 is 1.17 bits per heavy atom. The third-order valence-electron chi connectivity index (χ3n) is 3.37. The molecule has 1 amide bonds. The lowest BCUT2D eigenvalue weighted by Gasteiger charge is -2.03.